The molecular weight excluding hydrogens is 340 g/mol. The van der Waals surface area contributed by atoms with Gasteiger partial charge in [0.2, 0.25) is 0 Å². The third-order valence-corrected chi connectivity index (χ3v) is 4.15. The Morgan fingerprint density at radius 2 is 1.92 bits per heavy atom. The third-order valence-electron chi connectivity index (χ3n) is 3.80. The highest BCUT2D eigenvalue weighted by Crippen LogP contribution is 2.37. The average Bonchev–Trinajstić information content (AvgIpc) is 2.54. The van der Waals surface area contributed by atoms with E-state index in [0.717, 1.165) is 10.6 Å². The second kappa shape index (κ2) is 6.44. The number of aryl methyl sites for hydroxylation is 1. The summed E-state index contributed by atoms with van der Waals surface area (Å²) in [4.78, 5) is 33.3. The van der Waals surface area contributed by atoms with Gasteiger partial charge < -0.3 is 9.88 Å². The number of nitrogens with one attached hydrogen (secondary N) is 1. The number of hydrogen-bond acceptors (Lipinski definition) is 6. The number of nitrogens with zero attached hydrogens (tertiary/aromatic N) is 3. The molecule has 0 aliphatic heterocycles. The molecule has 1 atom stereocenters. The molecule has 1 heterocycles. The van der Waals surface area contributed by atoms with Crippen molar-refractivity contribution in [2.24, 2.45) is 7.05 Å². The second-order valence-corrected chi connectivity index (χ2v) is 5.76. The van der Waals surface area contributed by atoms with Crippen molar-refractivity contribution >= 4 is 39.6 Å². The first-order valence-electron chi connectivity index (χ1n) is 7.10. The Morgan fingerprint density at radius 3 is 2.42 bits per heavy atom. The van der Waals surface area contributed by atoms with Crippen LogP contribution in [0.1, 0.15) is 20.3 Å². The molecule has 128 valence electrons. The van der Waals surface area contributed by atoms with Crippen molar-refractivity contribution in [1.29, 1.82) is 0 Å². The monoisotopic (exact) mass is 354 g/mol. The van der Waals surface area contributed by atoms with E-state index in [1.165, 1.54) is 13.1 Å². The topological polar surface area (TPSA) is 120 Å². The van der Waals surface area contributed by atoms with Crippen molar-refractivity contribution in [2.75, 3.05) is 5.32 Å². The molecule has 2 aromatic rings. The molecule has 10 heteroatoms. The van der Waals surface area contributed by atoms with Crippen LogP contribution in [0.15, 0.2) is 16.9 Å². The van der Waals surface area contributed by atoms with E-state index in [1.54, 1.807) is 0 Å². The van der Waals surface area contributed by atoms with Crippen LogP contribution in [0, 0.1) is 20.2 Å². The molecule has 0 amide bonds. The standard InChI is InChI=1S/C14H15ClN4O5/c1-4-7(2)16-12-9-5-8(18(21)22)6-10(19(23)24)13(9)17(3)14(20)11(12)15/h5-7,16H,4H2,1-3H3. The maximum atomic E-state index is 12.3. The van der Waals surface area contributed by atoms with Gasteiger partial charge in [-0.2, -0.15) is 0 Å². The number of halogens is 1. The van der Waals surface area contributed by atoms with Crippen molar-refractivity contribution in [1.82, 2.24) is 4.57 Å². The van der Waals surface area contributed by atoms with Crippen molar-refractivity contribution in [2.45, 2.75) is 26.3 Å². The summed E-state index contributed by atoms with van der Waals surface area (Å²) < 4.78 is 1.03. The highest BCUT2D eigenvalue weighted by molar-refractivity contribution is 6.34. The zero-order valence-electron chi connectivity index (χ0n) is 13.2. The molecule has 1 aromatic heterocycles. The van der Waals surface area contributed by atoms with Crippen molar-refractivity contribution < 1.29 is 9.85 Å². The number of non-ortho nitro benzene ring substituents is 2. The van der Waals surface area contributed by atoms with E-state index in [-0.39, 0.29) is 27.7 Å². The number of benzene rings is 1. The van der Waals surface area contributed by atoms with Crippen LogP contribution in [0.2, 0.25) is 5.02 Å². The van der Waals surface area contributed by atoms with E-state index in [9.17, 15) is 25.0 Å². The number of nitro benzene ring substituents is 2. The van der Waals surface area contributed by atoms with Crippen LogP contribution >= 0.6 is 11.6 Å². The van der Waals surface area contributed by atoms with Crippen molar-refractivity contribution in [3.8, 4) is 0 Å². The molecule has 1 aromatic carbocycles. The maximum absolute atomic E-state index is 12.3. The molecule has 0 fully saturated rings. The van der Waals surface area contributed by atoms with Crippen LogP contribution in [0.4, 0.5) is 17.1 Å². The van der Waals surface area contributed by atoms with E-state index >= 15 is 0 Å². The number of rotatable bonds is 5. The van der Waals surface area contributed by atoms with Gasteiger partial charge in [0.15, 0.2) is 0 Å². The van der Waals surface area contributed by atoms with Crippen LogP contribution < -0.4 is 10.9 Å². The fourth-order valence-electron chi connectivity index (χ4n) is 2.36. The summed E-state index contributed by atoms with van der Waals surface area (Å²) in [6.45, 7) is 3.74. The second-order valence-electron chi connectivity index (χ2n) is 5.38. The van der Waals surface area contributed by atoms with Gasteiger partial charge in [-0.25, -0.2) is 0 Å². The SMILES string of the molecule is CCC(C)Nc1c(Cl)c(=O)n(C)c2c([N+](=O)[O-])cc([N+](=O)[O-])cc12. The molecule has 24 heavy (non-hydrogen) atoms. The van der Waals surface area contributed by atoms with E-state index in [0.29, 0.717) is 6.42 Å². The summed E-state index contributed by atoms with van der Waals surface area (Å²) in [5, 5.41) is 25.5. The lowest BCUT2D eigenvalue weighted by molar-refractivity contribution is -0.393. The molecule has 1 N–H and O–H groups in total. The number of nitro groups is 2. The first-order valence-corrected chi connectivity index (χ1v) is 7.48. The van der Waals surface area contributed by atoms with Gasteiger partial charge >= 0.3 is 5.69 Å². The summed E-state index contributed by atoms with van der Waals surface area (Å²) in [6, 6.07) is 1.93. The quantitative estimate of drug-likeness (QED) is 0.650. The van der Waals surface area contributed by atoms with Crippen LogP contribution in [0.3, 0.4) is 0 Å². The molecule has 1 unspecified atom stereocenters. The molecule has 2 rings (SSSR count). The van der Waals surface area contributed by atoms with E-state index in [4.69, 9.17) is 11.6 Å². The smallest absolute Gasteiger partial charge is 0.300 e. The highest BCUT2D eigenvalue weighted by Gasteiger charge is 2.26. The zero-order valence-corrected chi connectivity index (χ0v) is 14.0. The van der Waals surface area contributed by atoms with Gasteiger partial charge in [0.25, 0.3) is 11.2 Å². The third kappa shape index (κ3) is 2.90. The fourth-order valence-corrected chi connectivity index (χ4v) is 2.64. The average molecular weight is 355 g/mol. The summed E-state index contributed by atoms with van der Waals surface area (Å²) in [7, 11) is 1.34. The lowest BCUT2D eigenvalue weighted by atomic mass is 10.1. The Kier molecular flexibility index (Phi) is 4.74. The van der Waals surface area contributed by atoms with E-state index in [2.05, 4.69) is 5.32 Å². The lowest BCUT2D eigenvalue weighted by Gasteiger charge is -2.18. The molecule has 0 aliphatic rings. The lowest BCUT2D eigenvalue weighted by Crippen LogP contribution is -2.23. The summed E-state index contributed by atoms with van der Waals surface area (Å²) in [6.07, 6.45) is 0.698. The Labute approximate surface area is 141 Å². The van der Waals surface area contributed by atoms with Crippen LogP contribution in [0.25, 0.3) is 10.9 Å². The summed E-state index contributed by atoms with van der Waals surface area (Å²) >= 11 is 6.11. The van der Waals surface area contributed by atoms with Crippen molar-refractivity contribution in [3.05, 3.63) is 47.7 Å². The van der Waals surface area contributed by atoms with Gasteiger partial charge in [0, 0.05) is 24.5 Å². The number of hydrogen-bond donors (Lipinski definition) is 1. The highest BCUT2D eigenvalue weighted by atomic mass is 35.5. The van der Waals surface area contributed by atoms with Gasteiger partial charge in [-0.05, 0) is 13.3 Å². The van der Waals surface area contributed by atoms with Gasteiger partial charge in [-0.15, -0.1) is 0 Å². The minimum Gasteiger partial charge on any atom is -0.381 e. The Morgan fingerprint density at radius 1 is 1.29 bits per heavy atom. The molecule has 0 saturated carbocycles. The normalized spacial score (nSPS) is 12.2. The first-order chi connectivity index (χ1) is 11.2. The number of anilines is 1. The molecule has 0 aliphatic carbocycles. The molecule has 0 saturated heterocycles. The van der Waals surface area contributed by atoms with Gasteiger partial charge in [0.1, 0.15) is 10.5 Å². The number of fused-ring (bicyclic) bond motifs is 1. The molecule has 0 radical (unpaired) electrons. The molecular formula is C14H15ClN4O5. The summed E-state index contributed by atoms with van der Waals surface area (Å²) in [5.74, 6) is 0. The van der Waals surface area contributed by atoms with E-state index < -0.39 is 26.8 Å². The molecule has 0 spiro atoms. The van der Waals surface area contributed by atoms with Crippen LogP contribution in [0.5, 0.6) is 0 Å². The Balaban J connectivity index is 3.02. The van der Waals surface area contributed by atoms with Crippen molar-refractivity contribution in [3.63, 3.8) is 0 Å². The fraction of sp³-hybridized carbons (Fsp3) is 0.357. The van der Waals surface area contributed by atoms with Crippen LogP contribution in [-0.4, -0.2) is 20.5 Å². The Hall–Kier alpha value is -2.68. The molecule has 0 bridgehead atoms. The van der Waals surface area contributed by atoms with Gasteiger partial charge in [-0.3, -0.25) is 25.0 Å². The van der Waals surface area contributed by atoms with Crippen LogP contribution in [-0.2, 0) is 7.05 Å². The van der Waals surface area contributed by atoms with Gasteiger partial charge in [-0.1, -0.05) is 18.5 Å². The van der Waals surface area contributed by atoms with Gasteiger partial charge in [0.05, 0.1) is 21.6 Å². The predicted octanol–water partition coefficient (Wildman–Crippen LogP) is 3.22. The molecule has 9 nitrogen and oxygen atoms in total. The maximum Gasteiger partial charge on any atom is 0.300 e. The number of pyridine rings is 1. The minimum absolute atomic E-state index is 0.0224. The zero-order chi connectivity index (χ0) is 18.2. The van der Waals surface area contributed by atoms with E-state index in [1.807, 2.05) is 13.8 Å². The predicted molar refractivity (Wildman–Crippen MR) is 90.9 cm³/mol. The Bertz CT molecular complexity index is 908. The number of aromatic nitrogens is 1. The summed E-state index contributed by atoms with van der Waals surface area (Å²) in [5.41, 5.74) is -1.45. The first kappa shape index (κ1) is 17.7. The largest absolute Gasteiger partial charge is 0.381 e. The minimum atomic E-state index is -0.754.